The highest BCUT2D eigenvalue weighted by Crippen LogP contribution is 2.23. The molecule has 4 rings (SSSR count). The van der Waals surface area contributed by atoms with E-state index in [1.807, 2.05) is 48.7 Å². The molecule has 1 fully saturated rings. The molecule has 0 radical (unpaired) electrons. The smallest absolute Gasteiger partial charge is 0.227 e. The van der Waals surface area contributed by atoms with Crippen LogP contribution in [-0.2, 0) is 17.8 Å². The summed E-state index contributed by atoms with van der Waals surface area (Å²) in [6.07, 6.45) is 8.05. The predicted octanol–water partition coefficient (Wildman–Crippen LogP) is 3.28. The van der Waals surface area contributed by atoms with Crippen LogP contribution in [0, 0.1) is 5.92 Å². The molecule has 3 heterocycles. The van der Waals surface area contributed by atoms with Crippen LogP contribution in [0.2, 0.25) is 0 Å². The Bertz CT molecular complexity index is 945. The average molecular weight is 386 g/mol. The maximum Gasteiger partial charge on any atom is 0.227 e. The molecule has 1 aliphatic heterocycles. The van der Waals surface area contributed by atoms with E-state index in [0.717, 1.165) is 43.7 Å². The molecule has 0 saturated carbocycles. The van der Waals surface area contributed by atoms with Gasteiger partial charge in [-0.2, -0.15) is 0 Å². The molecule has 0 spiro atoms. The van der Waals surface area contributed by atoms with E-state index in [4.69, 9.17) is 0 Å². The third-order valence-corrected chi connectivity index (χ3v) is 5.52. The van der Waals surface area contributed by atoms with Crippen molar-refractivity contribution in [3.8, 4) is 11.1 Å². The normalized spacial score (nSPS) is 17.9. The first-order valence-electron chi connectivity index (χ1n) is 10.0. The predicted molar refractivity (Wildman–Crippen MR) is 114 cm³/mol. The van der Waals surface area contributed by atoms with E-state index in [9.17, 15) is 4.79 Å². The van der Waals surface area contributed by atoms with Crippen molar-refractivity contribution in [1.82, 2.24) is 19.8 Å². The summed E-state index contributed by atoms with van der Waals surface area (Å²) in [5.74, 6) is 0.183. The van der Waals surface area contributed by atoms with Gasteiger partial charge in [0, 0.05) is 58.0 Å². The highest BCUT2D eigenvalue weighted by atomic mass is 16.2. The summed E-state index contributed by atoms with van der Waals surface area (Å²) in [7, 11) is 1.91. The second-order valence-corrected chi connectivity index (χ2v) is 7.69. The van der Waals surface area contributed by atoms with Crippen molar-refractivity contribution in [1.29, 1.82) is 0 Å². The van der Waals surface area contributed by atoms with Gasteiger partial charge in [-0.05, 0) is 46.9 Å². The van der Waals surface area contributed by atoms with E-state index in [0.29, 0.717) is 0 Å². The summed E-state index contributed by atoms with van der Waals surface area (Å²) in [6, 6.07) is 16.6. The van der Waals surface area contributed by atoms with Crippen molar-refractivity contribution in [2.75, 3.05) is 26.7 Å². The van der Waals surface area contributed by atoms with Crippen molar-refractivity contribution < 1.29 is 4.79 Å². The molecule has 0 bridgehead atoms. The van der Waals surface area contributed by atoms with E-state index < -0.39 is 0 Å². The zero-order valence-electron chi connectivity index (χ0n) is 16.7. The second kappa shape index (κ2) is 8.97. The zero-order chi connectivity index (χ0) is 20.1. The number of benzene rings is 1. The van der Waals surface area contributed by atoms with Crippen LogP contribution in [0.1, 0.15) is 11.1 Å². The first-order chi connectivity index (χ1) is 14.2. The van der Waals surface area contributed by atoms with Gasteiger partial charge >= 0.3 is 0 Å². The van der Waals surface area contributed by atoms with E-state index >= 15 is 0 Å². The maximum absolute atomic E-state index is 13.0. The molecule has 5 nitrogen and oxygen atoms in total. The summed E-state index contributed by atoms with van der Waals surface area (Å²) < 4.78 is 0. The van der Waals surface area contributed by atoms with Crippen LogP contribution >= 0.6 is 0 Å². The zero-order valence-corrected chi connectivity index (χ0v) is 16.7. The summed E-state index contributed by atoms with van der Waals surface area (Å²) >= 11 is 0. The molecule has 1 aromatic carbocycles. The van der Waals surface area contributed by atoms with Gasteiger partial charge in [0.25, 0.3) is 0 Å². The molecule has 3 aromatic rings. The quantitative estimate of drug-likeness (QED) is 0.675. The van der Waals surface area contributed by atoms with Crippen molar-refractivity contribution in [3.05, 3.63) is 84.4 Å². The van der Waals surface area contributed by atoms with Crippen LogP contribution in [0.25, 0.3) is 11.1 Å². The Morgan fingerprint density at radius 1 is 0.931 bits per heavy atom. The minimum Gasteiger partial charge on any atom is -0.344 e. The molecule has 0 aliphatic carbocycles. The second-order valence-electron chi connectivity index (χ2n) is 7.69. The lowest BCUT2D eigenvalue weighted by Gasteiger charge is -2.23. The van der Waals surface area contributed by atoms with Gasteiger partial charge < -0.3 is 4.90 Å². The van der Waals surface area contributed by atoms with E-state index in [-0.39, 0.29) is 11.8 Å². The Hall–Kier alpha value is -3.05. The molecule has 0 N–H and O–H groups in total. The number of likely N-dealkylation sites (N-methyl/N-ethyl adjacent to an activating group) is 1. The molecule has 2 aromatic heterocycles. The SMILES string of the molecule is CN1CCN(Cc2ccncc2)C[C@@H](Cc2cccc(-c3cccnc3)c2)C1=O. The first kappa shape index (κ1) is 19.3. The monoisotopic (exact) mass is 386 g/mol. The molecule has 1 amide bonds. The van der Waals surface area contributed by atoms with E-state index in [1.54, 1.807) is 6.20 Å². The lowest BCUT2D eigenvalue weighted by Crippen LogP contribution is -2.34. The summed E-state index contributed by atoms with van der Waals surface area (Å²) in [4.78, 5) is 25.6. The van der Waals surface area contributed by atoms with Crippen LogP contribution in [0.3, 0.4) is 0 Å². The number of amides is 1. The van der Waals surface area contributed by atoms with Gasteiger partial charge in [0.05, 0.1) is 5.92 Å². The molecule has 5 heteroatoms. The Kier molecular flexibility index (Phi) is 5.96. The minimum absolute atomic E-state index is 0.0477. The lowest BCUT2D eigenvalue weighted by atomic mass is 9.95. The number of hydrogen-bond donors (Lipinski definition) is 0. The van der Waals surface area contributed by atoms with Crippen molar-refractivity contribution in [2.45, 2.75) is 13.0 Å². The third-order valence-electron chi connectivity index (χ3n) is 5.52. The summed E-state index contributed by atoms with van der Waals surface area (Å²) in [5, 5.41) is 0. The molecular weight excluding hydrogens is 360 g/mol. The van der Waals surface area contributed by atoms with Gasteiger partial charge in [0.15, 0.2) is 0 Å². The van der Waals surface area contributed by atoms with E-state index in [1.165, 1.54) is 11.1 Å². The average Bonchev–Trinajstić information content (AvgIpc) is 2.89. The topological polar surface area (TPSA) is 49.3 Å². The van der Waals surface area contributed by atoms with Gasteiger partial charge in [0.1, 0.15) is 0 Å². The lowest BCUT2D eigenvalue weighted by molar-refractivity contribution is -0.133. The Morgan fingerprint density at radius 2 is 1.76 bits per heavy atom. The van der Waals surface area contributed by atoms with Crippen LogP contribution < -0.4 is 0 Å². The number of rotatable bonds is 5. The van der Waals surface area contributed by atoms with Crippen molar-refractivity contribution in [3.63, 3.8) is 0 Å². The van der Waals surface area contributed by atoms with Crippen LogP contribution in [-0.4, -0.2) is 52.4 Å². The third kappa shape index (κ3) is 4.87. The maximum atomic E-state index is 13.0. The molecule has 148 valence electrons. The van der Waals surface area contributed by atoms with Crippen LogP contribution in [0.15, 0.2) is 73.3 Å². The molecule has 1 saturated heterocycles. The highest BCUT2D eigenvalue weighted by molar-refractivity contribution is 5.79. The fourth-order valence-corrected chi connectivity index (χ4v) is 3.93. The summed E-state index contributed by atoms with van der Waals surface area (Å²) in [5.41, 5.74) is 4.65. The largest absolute Gasteiger partial charge is 0.344 e. The molecule has 29 heavy (non-hydrogen) atoms. The number of carbonyl (C=O) groups excluding carboxylic acids is 1. The van der Waals surface area contributed by atoms with Crippen molar-refractivity contribution >= 4 is 5.91 Å². The number of nitrogens with zero attached hydrogens (tertiary/aromatic N) is 4. The van der Waals surface area contributed by atoms with Crippen LogP contribution in [0.5, 0.6) is 0 Å². The van der Waals surface area contributed by atoms with Gasteiger partial charge in [-0.1, -0.05) is 30.3 Å². The van der Waals surface area contributed by atoms with Gasteiger partial charge in [-0.25, -0.2) is 0 Å². The minimum atomic E-state index is -0.0477. The summed E-state index contributed by atoms with van der Waals surface area (Å²) in [6.45, 7) is 3.26. The van der Waals surface area contributed by atoms with Crippen LogP contribution in [0.4, 0.5) is 0 Å². The molecule has 1 aliphatic rings. The number of pyridine rings is 2. The number of hydrogen-bond acceptors (Lipinski definition) is 4. The van der Waals surface area contributed by atoms with Crippen molar-refractivity contribution in [2.24, 2.45) is 5.92 Å². The number of aromatic nitrogens is 2. The Morgan fingerprint density at radius 3 is 2.55 bits per heavy atom. The highest BCUT2D eigenvalue weighted by Gasteiger charge is 2.28. The Labute approximate surface area is 172 Å². The number of carbonyl (C=O) groups is 1. The van der Waals surface area contributed by atoms with Gasteiger partial charge in [-0.3, -0.25) is 19.7 Å². The fraction of sp³-hybridized carbons (Fsp3) is 0.292. The fourth-order valence-electron chi connectivity index (χ4n) is 3.93. The van der Waals surface area contributed by atoms with E-state index in [2.05, 4.69) is 45.2 Å². The van der Waals surface area contributed by atoms with Gasteiger partial charge in [-0.15, -0.1) is 0 Å². The molecule has 0 unspecified atom stereocenters. The molecule has 1 atom stereocenters. The van der Waals surface area contributed by atoms with Gasteiger partial charge in [0.2, 0.25) is 5.91 Å². The standard InChI is InChI=1S/C24H26N4O/c1-27-12-13-28(17-19-7-10-25-11-8-19)18-23(24(27)29)15-20-4-2-5-21(14-20)22-6-3-9-26-16-22/h2-11,14,16,23H,12-13,15,17-18H2,1H3/t23-/m1/s1. The first-order valence-corrected chi connectivity index (χ1v) is 10.0. The molecular formula is C24H26N4O. The Balaban J connectivity index is 1.52.